The van der Waals surface area contributed by atoms with Crippen LogP contribution in [0.1, 0.15) is 19.0 Å². The first kappa shape index (κ1) is 21.5. The van der Waals surface area contributed by atoms with Crippen molar-refractivity contribution in [1.82, 2.24) is 29.5 Å². The van der Waals surface area contributed by atoms with Crippen molar-refractivity contribution >= 4 is 38.2 Å². The van der Waals surface area contributed by atoms with Crippen molar-refractivity contribution < 1.29 is 17.2 Å². The Morgan fingerprint density at radius 2 is 1.94 bits per heavy atom. The Labute approximate surface area is 181 Å². The lowest BCUT2D eigenvalue weighted by Crippen LogP contribution is -2.17. The Morgan fingerprint density at radius 3 is 2.66 bits per heavy atom. The summed E-state index contributed by atoms with van der Waals surface area (Å²) in [4.78, 5) is 20.8. The van der Waals surface area contributed by atoms with Crippen LogP contribution < -0.4 is 10.0 Å². The number of nitrogens with zero attached hydrogens (tertiary/aromatic N) is 6. The molecule has 10 nitrogen and oxygen atoms in total. The maximum atomic E-state index is 15.0. The van der Waals surface area contributed by atoms with Crippen molar-refractivity contribution in [2.75, 3.05) is 15.8 Å². The van der Waals surface area contributed by atoms with E-state index in [-0.39, 0.29) is 28.7 Å². The van der Waals surface area contributed by atoms with Crippen LogP contribution in [0.3, 0.4) is 0 Å². The lowest BCUT2D eigenvalue weighted by atomic mass is 10.2. The van der Waals surface area contributed by atoms with E-state index in [0.717, 1.165) is 17.8 Å². The Bertz CT molecular complexity index is 1410. The van der Waals surface area contributed by atoms with Crippen molar-refractivity contribution in [3.63, 3.8) is 0 Å². The van der Waals surface area contributed by atoms with Crippen molar-refractivity contribution in [1.29, 1.82) is 0 Å². The minimum absolute atomic E-state index is 0.0156. The maximum absolute atomic E-state index is 15.0. The molecule has 0 radical (unpaired) electrons. The highest BCUT2D eigenvalue weighted by Gasteiger charge is 2.20. The molecule has 0 fully saturated rings. The molecular weight excluding hydrogens is 442 g/mol. The van der Waals surface area contributed by atoms with E-state index >= 15 is 4.39 Å². The van der Waals surface area contributed by atoms with Crippen LogP contribution in [0.15, 0.2) is 37.2 Å². The third kappa shape index (κ3) is 4.32. The number of aromatic nitrogens is 6. The molecule has 13 heteroatoms. The zero-order chi connectivity index (χ0) is 22.9. The van der Waals surface area contributed by atoms with E-state index in [9.17, 15) is 12.8 Å². The molecule has 0 atom stereocenters. The number of sulfonamides is 1. The quantitative estimate of drug-likeness (QED) is 0.431. The van der Waals surface area contributed by atoms with E-state index in [4.69, 9.17) is 0 Å². The molecule has 0 unspecified atom stereocenters. The predicted molar refractivity (Wildman–Crippen MR) is 114 cm³/mol. The summed E-state index contributed by atoms with van der Waals surface area (Å²) >= 11 is 0. The number of imidazole rings is 1. The van der Waals surface area contributed by atoms with E-state index in [1.54, 1.807) is 24.6 Å². The molecule has 4 rings (SSSR count). The first-order valence-corrected chi connectivity index (χ1v) is 11.2. The van der Waals surface area contributed by atoms with Crippen LogP contribution in [0.5, 0.6) is 0 Å². The van der Waals surface area contributed by atoms with Crippen LogP contribution in [-0.4, -0.2) is 43.7 Å². The summed E-state index contributed by atoms with van der Waals surface area (Å²) < 4.78 is 57.2. The second-order valence-corrected chi connectivity index (χ2v) is 8.72. The first-order chi connectivity index (χ1) is 15.3. The van der Waals surface area contributed by atoms with Crippen molar-refractivity contribution in [3.05, 3.63) is 54.5 Å². The van der Waals surface area contributed by atoms with Crippen LogP contribution in [-0.2, 0) is 10.0 Å². The number of benzene rings is 1. The van der Waals surface area contributed by atoms with Crippen LogP contribution in [0.4, 0.5) is 26.0 Å². The van der Waals surface area contributed by atoms with Gasteiger partial charge in [-0.3, -0.25) is 9.29 Å². The number of anilines is 3. The molecule has 0 saturated carbocycles. The molecule has 4 aromatic rings. The van der Waals surface area contributed by atoms with Gasteiger partial charge in [0, 0.05) is 6.20 Å². The lowest BCUT2D eigenvalue weighted by molar-refractivity contribution is 0.588. The summed E-state index contributed by atoms with van der Waals surface area (Å²) in [6, 6.07) is 1.97. The molecule has 0 spiro atoms. The van der Waals surface area contributed by atoms with Crippen LogP contribution in [0.25, 0.3) is 17.0 Å². The Kier molecular flexibility index (Phi) is 5.65. The summed E-state index contributed by atoms with van der Waals surface area (Å²) in [5, 5.41) is 2.57. The number of aryl methyl sites for hydroxylation is 1. The van der Waals surface area contributed by atoms with E-state index in [0.29, 0.717) is 11.9 Å². The highest BCUT2D eigenvalue weighted by atomic mass is 32.2. The highest BCUT2D eigenvalue weighted by Crippen LogP contribution is 2.30. The zero-order valence-corrected chi connectivity index (χ0v) is 17.9. The van der Waals surface area contributed by atoms with Gasteiger partial charge in [-0.1, -0.05) is 6.92 Å². The largest absolute Gasteiger partial charge is 0.333 e. The fraction of sp³-hybridized carbons (Fsp3) is 0.211. The Balaban J connectivity index is 1.75. The van der Waals surface area contributed by atoms with Gasteiger partial charge in [-0.15, -0.1) is 0 Å². The molecule has 0 bridgehead atoms. The molecule has 32 heavy (non-hydrogen) atoms. The Hall–Kier alpha value is -3.74. The van der Waals surface area contributed by atoms with Gasteiger partial charge in [0.2, 0.25) is 16.0 Å². The third-order valence-electron chi connectivity index (χ3n) is 4.38. The normalized spacial score (nSPS) is 11.6. The van der Waals surface area contributed by atoms with Crippen molar-refractivity contribution in [2.45, 2.75) is 20.3 Å². The minimum atomic E-state index is -3.77. The summed E-state index contributed by atoms with van der Waals surface area (Å²) in [7, 11) is -3.77. The maximum Gasteiger partial charge on any atom is 0.235 e. The summed E-state index contributed by atoms with van der Waals surface area (Å²) in [6.45, 7) is 3.48. The number of halogens is 2. The molecule has 3 aromatic heterocycles. The average Bonchev–Trinajstić information content (AvgIpc) is 3.19. The topological polar surface area (TPSA) is 128 Å². The van der Waals surface area contributed by atoms with E-state index < -0.39 is 27.3 Å². The number of fused-ring (bicyclic) bond motifs is 1. The van der Waals surface area contributed by atoms with E-state index in [1.807, 2.05) is 0 Å². The fourth-order valence-electron chi connectivity index (χ4n) is 2.94. The predicted octanol–water partition coefficient (Wildman–Crippen LogP) is 3.09. The number of hydrogen-bond acceptors (Lipinski definition) is 8. The van der Waals surface area contributed by atoms with Crippen LogP contribution in [0.2, 0.25) is 0 Å². The molecule has 2 N–H and O–H groups in total. The van der Waals surface area contributed by atoms with E-state index in [1.165, 1.54) is 18.9 Å². The van der Waals surface area contributed by atoms with Gasteiger partial charge in [0.15, 0.2) is 11.6 Å². The summed E-state index contributed by atoms with van der Waals surface area (Å²) in [5.41, 5.74) is 0.330. The molecule has 0 aliphatic carbocycles. The van der Waals surface area contributed by atoms with Gasteiger partial charge in [0.1, 0.15) is 35.2 Å². The second-order valence-electron chi connectivity index (χ2n) is 6.88. The zero-order valence-electron chi connectivity index (χ0n) is 17.0. The molecule has 0 amide bonds. The minimum Gasteiger partial charge on any atom is -0.333 e. The third-order valence-corrected chi connectivity index (χ3v) is 5.86. The van der Waals surface area contributed by atoms with Gasteiger partial charge >= 0.3 is 0 Å². The molecule has 166 valence electrons. The van der Waals surface area contributed by atoms with Crippen LogP contribution >= 0.6 is 0 Å². The van der Waals surface area contributed by atoms with Gasteiger partial charge < -0.3 is 5.32 Å². The molecule has 0 saturated heterocycles. The summed E-state index contributed by atoms with van der Waals surface area (Å²) in [5.74, 6) is -1.97. The number of nitrogens with one attached hydrogen (secondary N) is 2. The lowest BCUT2D eigenvalue weighted by Gasteiger charge is -2.14. The van der Waals surface area contributed by atoms with E-state index in [2.05, 4.69) is 35.0 Å². The van der Waals surface area contributed by atoms with Gasteiger partial charge in [-0.25, -0.2) is 42.1 Å². The summed E-state index contributed by atoms with van der Waals surface area (Å²) in [6.07, 6.45) is 6.22. The fourth-order valence-corrected chi connectivity index (χ4v) is 4.08. The van der Waals surface area contributed by atoms with Crippen molar-refractivity contribution in [3.8, 4) is 5.95 Å². The first-order valence-electron chi connectivity index (χ1n) is 9.51. The molecule has 1 aromatic carbocycles. The van der Waals surface area contributed by atoms with Gasteiger partial charge in [0.25, 0.3) is 0 Å². The van der Waals surface area contributed by atoms with Crippen LogP contribution in [0, 0.1) is 18.6 Å². The monoisotopic (exact) mass is 460 g/mol. The number of rotatable bonds is 7. The molecule has 3 heterocycles. The highest BCUT2D eigenvalue weighted by molar-refractivity contribution is 7.92. The van der Waals surface area contributed by atoms with Gasteiger partial charge in [-0.2, -0.15) is 0 Å². The molecule has 0 aliphatic heterocycles. The number of hydrogen-bond donors (Lipinski definition) is 2. The van der Waals surface area contributed by atoms with Crippen molar-refractivity contribution in [2.24, 2.45) is 0 Å². The average molecular weight is 460 g/mol. The van der Waals surface area contributed by atoms with Gasteiger partial charge in [0.05, 0.1) is 23.3 Å². The molecular formula is C19H18F2N8O2S. The second kappa shape index (κ2) is 8.42. The molecule has 0 aliphatic rings. The SMILES string of the molecule is CCCS(=O)(=O)Nc1ccc(F)c(Nc2ncnc3cnc(-n4cnc(C)c4)nc23)c1F. The Morgan fingerprint density at radius 1 is 1.12 bits per heavy atom. The smallest absolute Gasteiger partial charge is 0.235 e. The van der Waals surface area contributed by atoms with Gasteiger partial charge in [-0.05, 0) is 25.5 Å². The standard InChI is InChI=1S/C19H18F2N8O2S/c1-3-6-32(30,31)28-13-5-4-12(20)16(15(13)21)26-18-17-14(23-9-24-18)7-22-19(27-17)29-8-11(2)25-10-29/h4-5,7-10,28H,3,6H2,1-2H3,(H,23,24,26).